The first-order chi connectivity index (χ1) is 33.8. The van der Waals surface area contributed by atoms with Gasteiger partial charge in [-0.1, -0.05) is 41.9 Å². The van der Waals surface area contributed by atoms with Crippen molar-refractivity contribution in [2.75, 3.05) is 77.7 Å². The Labute approximate surface area is 427 Å². The predicted molar refractivity (Wildman–Crippen MR) is 287 cm³/mol. The van der Waals surface area contributed by atoms with Crippen molar-refractivity contribution in [2.24, 2.45) is 5.92 Å². The number of benzene rings is 5. The zero-order valence-corrected chi connectivity index (χ0v) is 43.9. The maximum atomic E-state index is 15.7. The number of hydrogen-bond donors (Lipinski definition) is 3. The van der Waals surface area contributed by atoms with Crippen molar-refractivity contribution in [3.05, 3.63) is 137 Å². The SMILES string of the molecule is Cc1cc(S(=O)(=O)Nc2ccc(N3CCN(c4cc(F)cc(-c5c(S(C)(=O)=O)c(C)n(C(C)C)c5-c5ccc(Cl)cc5)c4)CC3)cc2)ccc1NC(CCN1CCC(C(=O)O)CC1)CSc1ccccc1. The summed E-state index contributed by atoms with van der Waals surface area (Å²) >= 11 is 8.03. The molecule has 2 fully saturated rings. The van der Waals surface area contributed by atoms with Crippen LogP contribution in [0.15, 0.2) is 130 Å². The number of halogens is 2. The second kappa shape index (κ2) is 22.1. The molecule has 3 N–H and O–H groups in total. The van der Waals surface area contributed by atoms with Crippen molar-refractivity contribution >= 4 is 71.9 Å². The topological polar surface area (TPSA) is 144 Å². The monoisotopic (exact) mass is 1040 g/mol. The standard InChI is InChI=1S/C54H62ClFN6O6S3/c1-36(2)62-38(4)53(70(5,65)66)51(52(62)39-11-13-42(55)14-12-39)41-32-43(56)34-47(33-41)61-29-27-60(28-30-61)46-17-15-44(16-18-46)58-71(67,68)49-19-20-50(37(3)31-49)57-45(35-69-48-9-7-6-8-10-48)23-26-59-24-21-40(22-25-59)54(63)64/h6-20,31-34,36,40,45,57-58H,21-30,35H2,1-5H3,(H,63,64). The van der Waals surface area contributed by atoms with Gasteiger partial charge in [0.2, 0.25) is 0 Å². The van der Waals surface area contributed by atoms with Gasteiger partial charge < -0.3 is 29.7 Å². The molecule has 0 bridgehead atoms. The Morgan fingerprint density at radius 3 is 2.06 bits per heavy atom. The average Bonchev–Trinajstić information content (AvgIpc) is 3.67. The number of piperazine rings is 1. The highest BCUT2D eigenvalue weighted by Gasteiger charge is 2.31. The molecule has 0 radical (unpaired) electrons. The molecular weight excluding hydrogens is 979 g/mol. The van der Waals surface area contributed by atoms with Gasteiger partial charge in [0.05, 0.1) is 21.4 Å². The first-order valence-corrected chi connectivity index (χ1v) is 28.7. The van der Waals surface area contributed by atoms with E-state index in [1.807, 2.05) is 79.9 Å². The van der Waals surface area contributed by atoms with Crippen molar-refractivity contribution in [1.29, 1.82) is 0 Å². The smallest absolute Gasteiger partial charge is 0.306 e. The van der Waals surface area contributed by atoms with Gasteiger partial charge in [0.15, 0.2) is 9.84 Å². The minimum absolute atomic E-state index is 0.0809. The molecule has 8 rings (SSSR count). The van der Waals surface area contributed by atoms with Gasteiger partial charge in [0.1, 0.15) is 5.82 Å². The molecule has 1 atom stereocenters. The number of rotatable bonds is 18. The maximum absolute atomic E-state index is 15.7. The van der Waals surface area contributed by atoms with E-state index < -0.39 is 31.6 Å². The Hall–Kier alpha value is -5.52. The summed E-state index contributed by atoms with van der Waals surface area (Å²) < 4.78 is 75.0. The van der Waals surface area contributed by atoms with Gasteiger partial charge in [-0.05, 0) is 162 Å². The molecular formula is C54H62ClFN6O6S3. The molecule has 5 aromatic carbocycles. The molecule has 1 unspecified atom stereocenters. The average molecular weight is 1040 g/mol. The summed E-state index contributed by atoms with van der Waals surface area (Å²) in [6.45, 7) is 12.4. The van der Waals surface area contributed by atoms with E-state index >= 15 is 4.39 Å². The Bertz CT molecular complexity index is 3070. The second-order valence-electron chi connectivity index (χ2n) is 18.9. The number of carboxylic acid groups (broad SMARTS) is 1. The van der Waals surface area contributed by atoms with Crippen molar-refractivity contribution < 1.29 is 31.1 Å². The first kappa shape index (κ1) is 51.8. The highest BCUT2D eigenvalue weighted by molar-refractivity contribution is 7.99. The molecule has 376 valence electrons. The normalized spacial score (nSPS) is 15.5. The lowest BCUT2D eigenvalue weighted by Gasteiger charge is -2.37. The molecule has 2 aliphatic heterocycles. The summed E-state index contributed by atoms with van der Waals surface area (Å²) in [4.78, 5) is 19.6. The summed E-state index contributed by atoms with van der Waals surface area (Å²) in [5.74, 6) is -0.669. The number of piperidine rings is 1. The van der Waals surface area contributed by atoms with Crippen LogP contribution >= 0.6 is 23.4 Å². The van der Waals surface area contributed by atoms with Crippen LogP contribution in [-0.4, -0.2) is 101 Å². The van der Waals surface area contributed by atoms with Gasteiger partial charge in [-0.25, -0.2) is 21.2 Å². The van der Waals surface area contributed by atoms with Crippen LogP contribution in [0.25, 0.3) is 22.4 Å². The molecule has 17 heteroatoms. The molecule has 2 saturated heterocycles. The van der Waals surface area contributed by atoms with E-state index in [-0.39, 0.29) is 27.8 Å². The van der Waals surface area contributed by atoms with Crippen molar-refractivity contribution in [1.82, 2.24) is 9.47 Å². The zero-order valence-electron chi connectivity index (χ0n) is 40.7. The van der Waals surface area contributed by atoms with Crippen LogP contribution in [-0.2, 0) is 24.7 Å². The number of carboxylic acids is 1. The highest BCUT2D eigenvalue weighted by atomic mass is 35.5. The molecule has 0 saturated carbocycles. The van der Waals surface area contributed by atoms with E-state index in [1.165, 1.54) is 23.3 Å². The molecule has 0 amide bonds. The fourth-order valence-corrected chi connectivity index (χ4v) is 13.3. The summed E-state index contributed by atoms with van der Waals surface area (Å²) in [6.07, 6.45) is 3.34. The predicted octanol–water partition coefficient (Wildman–Crippen LogP) is 11.1. The lowest BCUT2D eigenvalue weighted by atomic mass is 9.97. The van der Waals surface area contributed by atoms with Gasteiger partial charge in [0.25, 0.3) is 10.0 Å². The number of thioether (sulfide) groups is 1. The molecule has 0 spiro atoms. The third-order valence-electron chi connectivity index (χ3n) is 13.5. The third-order valence-corrected chi connectivity index (χ3v) is 17.5. The van der Waals surface area contributed by atoms with Crippen LogP contribution in [0.3, 0.4) is 0 Å². The Morgan fingerprint density at radius 1 is 0.803 bits per heavy atom. The van der Waals surface area contributed by atoms with Crippen LogP contribution in [0.5, 0.6) is 0 Å². The number of hydrogen-bond acceptors (Lipinski definition) is 10. The van der Waals surface area contributed by atoms with Crippen molar-refractivity contribution in [3.8, 4) is 22.4 Å². The molecule has 1 aromatic heterocycles. The van der Waals surface area contributed by atoms with Crippen LogP contribution < -0.4 is 19.8 Å². The molecule has 3 heterocycles. The Balaban J connectivity index is 0.919. The number of aryl methyl sites for hydroxylation is 1. The minimum Gasteiger partial charge on any atom is -0.481 e. The number of aliphatic carboxylic acids is 1. The summed E-state index contributed by atoms with van der Waals surface area (Å²) in [7, 11) is -7.67. The van der Waals surface area contributed by atoms with E-state index in [0.29, 0.717) is 77.9 Å². The van der Waals surface area contributed by atoms with E-state index in [4.69, 9.17) is 11.6 Å². The molecule has 2 aliphatic rings. The highest BCUT2D eigenvalue weighted by Crippen LogP contribution is 2.45. The molecule has 0 aliphatic carbocycles. The lowest BCUT2D eigenvalue weighted by molar-refractivity contribution is -0.143. The third kappa shape index (κ3) is 12.4. The van der Waals surface area contributed by atoms with E-state index in [1.54, 1.807) is 55.1 Å². The maximum Gasteiger partial charge on any atom is 0.306 e. The van der Waals surface area contributed by atoms with Crippen LogP contribution in [0.1, 0.15) is 50.4 Å². The molecule has 71 heavy (non-hydrogen) atoms. The number of nitrogens with one attached hydrogen (secondary N) is 2. The first-order valence-electron chi connectivity index (χ1n) is 24.0. The number of carbonyl (C=O) groups is 1. The fourth-order valence-electron chi connectivity index (χ4n) is 9.86. The fraction of sp³-hybridized carbons (Fsp3) is 0.352. The molecule has 12 nitrogen and oxygen atoms in total. The van der Waals surface area contributed by atoms with Gasteiger partial charge in [-0.15, -0.1) is 11.8 Å². The zero-order chi connectivity index (χ0) is 50.6. The summed E-state index contributed by atoms with van der Waals surface area (Å²) in [6, 6.07) is 34.6. The quantitative estimate of drug-likeness (QED) is 0.0708. The van der Waals surface area contributed by atoms with Gasteiger partial charge in [-0.3, -0.25) is 9.52 Å². The number of nitrogens with zero attached hydrogens (tertiary/aromatic N) is 4. The van der Waals surface area contributed by atoms with Crippen molar-refractivity contribution in [2.45, 2.75) is 73.7 Å². The van der Waals surface area contributed by atoms with Crippen molar-refractivity contribution in [3.63, 3.8) is 0 Å². The largest absolute Gasteiger partial charge is 0.481 e. The number of anilines is 4. The Morgan fingerprint density at radius 2 is 1.45 bits per heavy atom. The number of likely N-dealkylation sites (tertiary alicyclic amines) is 1. The minimum atomic E-state index is -3.92. The van der Waals surface area contributed by atoms with Gasteiger partial charge >= 0.3 is 5.97 Å². The second-order valence-corrected chi connectivity index (χ2v) is 24.1. The van der Waals surface area contributed by atoms with E-state index in [9.17, 15) is 26.7 Å². The van der Waals surface area contributed by atoms with Gasteiger partial charge in [0, 0.05) is 101 Å². The number of aromatic nitrogens is 1. The van der Waals surface area contributed by atoms with Gasteiger partial charge in [-0.2, -0.15) is 0 Å². The Kier molecular flexibility index (Phi) is 16.1. The van der Waals surface area contributed by atoms with E-state index in [0.717, 1.165) is 54.3 Å². The van der Waals surface area contributed by atoms with E-state index in [2.05, 4.69) is 36.9 Å². The summed E-state index contributed by atoms with van der Waals surface area (Å²) in [5.41, 5.74) is 6.61. The number of sulfone groups is 1. The van der Waals surface area contributed by atoms with Crippen LogP contribution in [0.4, 0.5) is 27.1 Å². The number of sulfonamides is 1. The van der Waals surface area contributed by atoms with Crippen LogP contribution in [0, 0.1) is 25.6 Å². The lowest BCUT2D eigenvalue weighted by Crippen LogP contribution is -2.46. The molecule has 6 aromatic rings. The van der Waals surface area contributed by atoms with Crippen LogP contribution in [0.2, 0.25) is 5.02 Å². The summed E-state index contributed by atoms with van der Waals surface area (Å²) in [5, 5.41) is 13.7.